The molecule has 0 saturated carbocycles. The predicted octanol–water partition coefficient (Wildman–Crippen LogP) is 3.31. The number of aromatic nitrogens is 2. The lowest BCUT2D eigenvalue weighted by molar-refractivity contribution is -0.140. The van der Waals surface area contributed by atoms with E-state index in [1.165, 1.54) is 11.2 Å². The number of benzene rings is 2. The number of nitrogens with one attached hydrogen (secondary N) is 1. The lowest BCUT2D eigenvalue weighted by Crippen LogP contribution is -2.46. The van der Waals surface area contributed by atoms with Gasteiger partial charge < -0.3 is 15.3 Å². The van der Waals surface area contributed by atoms with Gasteiger partial charge in [0.05, 0.1) is 11.6 Å². The summed E-state index contributed by atoms with van der Waals surface area (Å²) in [5.41, 5.74) is 3.82. The highest BCUT2D eigenvalue weighted by Gasteiger charge is 2.39. The van der Waals surface area contributed by atoms with Gasteiger partial charge in [0.2, 0.25) is 11.8 Å². The lowest BCUT2D eigenvalue weighted by Gasteiger charge is -2.27. The van der Waals surface area contributed by atoms with Crippen LogP contribution in [0.5, 0.6) is 0 Å². The van der Waals surface area contributed by atoms with Crippen LogP contribution >= 0.6 is 0 Å². The van der Waals surface area contributed by atoms with E-state index < -0.39 is 12.1 Å². The van der Waals surface area contributed by atoms with Crippen LogP contribution in [0.4, 0.5) is 0 Å². The topological polar surface area (TPSA) is 95.4 Å². The lowest BCUT2D eigenvalue weighted by atomic mass is 9.91. The molecule has 1 aromatic heterocycles. The van der Waals surface area contributed by atoms with Crippen LogP contribution in [0.2, 0.25) is 0 Å². The molecule has 2 aromatic carbocycles. The largest absolute Gasteiger partial charge is 0.391 e. The summed E-state index contributed by atoms with van der Waals surface area (Å²) in [6.07, 6.45) is 3.27. The number of carbonyl (C=O) groups excluding carboxylic acids is 2. The molecule has 7 heteroatoms. The van der Waals surface area contributed by atoms with Gasteiger partial charge >= 0.3 is 0 Å². The third-order valence-electron chi connectivity index (χ3n) is 5.84. The first-order valence-corrected chi connectivity index (χ1v) is 11.2. The zero-order valence-corrected chi connectivity index (χ0v) is 19.3. The number of rotatable bonds is 5. The highest BCUT2D eigenvalue weighted by atomic mass is 16.3. The van der Waals surface area contributed by atoms with Gasteiger partial charge in [0.15, 0.2) is 0 Å². The van der Waals surface area contributed by atoms with Crippen LogP contribution in [-0.4, -0.2) is 50.5 Å². The number of aliphatic hydroxyl groups is 1. The van der Waals surface area contributed by atoms with E-state index in [0.29, 0.717) is 13.0 Å². The van der Waals surface area contributed by atoms with E-state index in [9.17, 15) is 14.7 Å². The Hall–Kier alpha value is -3.32. The summed E-state index contributed by atoms with van der Waals surface area (Å²) < 4.78 is 0. The van der Waals surface area contributed by atoms with Gasteiger partial charge in [-0.1, -0.05) is 51.1 Å². The summed E-state index contributed by atoms with van der Waals surface area (Å²) in [7, 11) is 0. The summed E-state index contributed by atoms with van der Waals surface area (Å²) in [5, 5.41) is 14.0. The summed E-state index contributed by atoms with van der Waals surface area (Å²) in [6, 6.07) is 13.4. The van der Waals surface area contributed by atoms with Gasteiger partial charge in [0.25, 0.3) is 0 Å². The minimum Gasteiger partial charge on any atom is -0.391 e. The maximum atomic E-state index is 12.8. The summed E-state index contributed by atoms with van der Waals surface area (Å²) in [5.74, 6) is -0.322. The molecule has 1 saturated heterocycles. The smallest absolute Gasteiger partial charge is 0.243 e. The van der Waals surface area contributed by atoms with Crippen molar-refractivity contribution in [1.82, 2.24) is 20.2 Å². The Bertz CT molecular complexity index is 1150. The molecule has 2 amide bonds. The van der Waals surface area contributed by atoms with Crippen molar-refractivity contribution in [1.29, 1.82) is 0 Å². The van der Waals surface area contributed by atoms with Crippen LogP contribution in [-0.2, 0) is 16.1 Å². The fourth-order valence-corrected chi connectivity index (χ4v) is 4.18. The zero-order valence-electron chi connectivity index (χ0n) is 19.3. The molecule has 172 valence electrons. The van der Waals surface area contributed by atoms with Crippen LogP contribution in [0.25, 0.3) is 22.0 Å². The van der Waals surface area contributed by atoms with Crippen molar-refractivity contribution < 1.29 is 14.7 Å². The summed E-state index contributed by atoms with van der Waals surface area (Å²) in [6.45, 7) is 6.53. The number of amides is 2. The first-order chi connectivity index (χ1) is 15.7. The number of hydrogen-bond acceptors (Lipinski definition) is 5. The standard InChI is InChI=1S/C26H30N4O3/c1-26(2,3)12-24(32)30-15-21(31)11-23(30)25(33)28-13-17-4-6-18(7-5-17)19-8-9-22-20(10-19)14-27-16-29-22/h4-10,14,16,21,23,31H,11-13,15H2,1-3H3,(H,28,33)/t21?,23-/m0/s1. The molecule has 1 unspecified atom stereocenters. The molecule has 2 atom stereocenters. The molecule has 2 heterocycles. The van der Waals surface area contributed by atoms with Crippen LogP contribution in [0, 0.1) is 5.41 Å². The van der Waals surface area contributed by atoms with Crippen LogP contribution in [0.15, 0.2) is 55.0 Å². The number of nitrogens with zero attached hydrogens (tertiary/aromatic N) is 3. The first kappa shape index (κ1) is 22.9. The number of fused-ring (bicyclic) bond motifs is 1. The van der Waals surface area contributed by atoms with E-state index in [4.69, 9.17) is 0 Å². The number of hydrogen-bond donors (Lipinski definition) is 2. The fourth-order valence-electron chi connectivity index (χ4n) is 4.18. The van der Waals surface area contributed by atoms with Crippen molar-refractivity contribution in [3.05, 3.63) is 60.6 Å². The van der Waals surface area contributed by atoms with Gasteiger partial charge in [-0.2, -0.15) is 0 Å². The van der Waals surface area contributed by atoms with E-state index >= 15 is 0 Å². The zero-order chi connectivity index (χ0) is 23.6. The molecule has 0 radical (unpaired) electrons. The molecule has 4 rings (SSSR count). The summed E-state index contributed by atoms with van der Waals surface area (Å²) in [4.78, 5) is 35.4. The Morgan fingerprint density at radius 3 is 2.58 bits per heavy atom. The van der Waals surface area contributed by atoms with Crippen molar-refractivity contribution >= 4 is 22.7 Å². The molecule has 0 aliphatic carbocycles. The Morgan fingerprint density at radius 1 is 1.12 bits per heavy atom. The van der Waals surface area contributed by atoms with Gasteiger partial charge in [-0.25, -0.2) is 9.97 Å². The van der Waals surface area contributed by atoms with Crippen molar-refractivity contribution in [3.8, 4) is 11.1 Å². The molecule has 7 nitrogen and oxygen atoms in total. The molecular weight excluding hydrogens is 416 g/mol. The van der Waals surface area contributed by atoms with Gasteiger partial charge in [0, 0.05) is 37.5 Å². The molecule has 33 heavy (non-hydrogen) atoms. The molecule has 1 fully saturated rings. The highest BCUT2D eigenvalue weighted by Crippen LogP contribution is 2.26. The van der Waals surface area contributed by atoms with E-state index in [2.05, 4.69) is 21.4 Å². The minimum absolute atomic E-state index is 0.0932. The van der Waals surface area contributed by atoms with Gasteiger partial charge in [-0.05, 0) is 34.2 Å². The van der Waals surface area contributed by atoms with Crippen LogP contribution in [0.3, 0.4) is 0 Å². The average molecular weight is 447 g/mol. The highest BCUT2D eigenvalue weighted by molar-refractivity contribution is 5.88. The molecule has 2 N–H and O–H groups in total. The van der Waals surface area contributed by atoms with Crippen molar-refractivity contribution in [2.75, 3.05) is 6.54 Å². The molecule has 3 aromatic rings. The SMILES string of the molecule is CC(C)(C)CC(=O)N1CC(O)C[C@H]1C(=O)NCc1ccc(-c2ccc3ncncc3c2)cc1. The fraction of sp³-hybridized carbons (Fsp3) is 0.385. The molecule has 0 bridgehead atoms. The van der Waals surface area contributed by atoms with Crippen LogP contribution < -0.4 is 5.32 Å². The molecule has 1 aliphatic heterocycles. The van der Waals surface area contributed by atoms with Crippen molar-refractivity contribution in [2.45, 2.75) is 52.3 Å². The average Bonchev–Trinajstić information content (AvgIpc) is 3.18. The molecule has 1 aliphatic rings. The van der Waals surface area contributed by atoms with E-state index in [-0.39, 0.29) is 30.2 Å². The van der Waals surface area contributed by atoms with Crippen molar-refractivity contribution in [2.24, 2.45) is 5.41 Å². The van der Waals surface area contributed by atoms with E-state index in [1.54, 1.807) is 6.20 Å². The first-order valence-electron chi connectivity index (χ1n) is 11.2. The third kappa shape index (κ3) is 5.54. The minimum atomic E-state index is -0.670. The van der Waals surface area contributed by atoms with Crippen molar-refractivity contribution in [3.63, 3.8) is 0 Å². The Morgan fingerprint density at radius 2 is 1.85 bits per heavy atom. The number of likely N-dealkylation sites (tertiary alicyclic amines) is 1. The second kappa shape index (κ2) is 9.27. The second-order valence-corrected chi connectivity index (χ2v) is 9.90. The number of β-amino-alcohol motifs (C(OH)–C–C–N with tert-alkyl or cyclic N) is 1. The van der Waals surface area contributed by atoms with Gasteiger partial charge in [0.1, 0.15) is 12.4 Å². The Labute approximate surface area is 193 Å². The van der Waals surface area contributed by atoms with E-state index in [1.807, 2.05) is 57.2 Å². The molecule has 0 spiro atoms. The predicted molar refractivity (Wildman–Crippen MR) is 127 cm³/mol. The van der Waals surface area contributed by atoms with Gasteiger partial charge in [-0.3, -0.25) is 9.59 Å². The van der Waals surface area contributed by atoms with Gasteiger partial charge in [-0.15, -0.1) is 0 Å². The second-order valence-electron chi connectivity index (χ2n) is 9.90. The third-order valence-corrected chi connectivity index (χ3v) is 5.84. The maximum Gasteiger partial charge on any atom is 0.243 e. The number of carbonyl (C=O) groups is 2. The van der Waals surface area contributed by atoms with E-state index in [0.717, 1.165) is 27.6 Å². The normalized spacial score (nSPS) is 18.5. The maximum absolute atomic E-state index is 12.8. The quantitative estimate of drug-likeness (QED) is 0.627. The Balaban J connectivity index is 1.39. The summed E-state index contributed by atoms with van der Waals surface area (Å²) >= 11 is 0. The monoisotopic (exact) mass is 446 g/mol. The molecular formula is C26H30N4O3. The Kier molecular flexibility index (Phi) is 6.42. The van der Waals surface area contributed by atoms with Crippen LogP contribution in [0.1, 0.15) is 39.2 Å². The number of aliphatic hydroxyl groups excluding tert-OH is 1.